The maximum absolute atomic E-state index is 8.36. The first-order chi connectivity index (χ1) is 33.6. The summed E-state index contributed by atoms with van der Waals surface area (Å²) < 4.78 is 0. The molecule has 0 rings (SSSR count). The van der Waals surface area contributed by atoms with Crippen LogP contribution >= 0.6 is 0 Å². The molecular formula is C62H154O10Ti5. The van der Waals surface area contributed by atoms with Crippen molar-refractivity contribution in [1.29, 1.82) is 0 Å². The fourth-order valence-electron chi connectivity index (χ4n) is 0.316. The van der Waals surface area contributed by atoms with Crippen molar-refractivity contribution >= 4 is 0 Å². The molecule has 0 spiro atoms. The topological polar surface area (TPSA) is 202 Å². The normalized spacial score (nSPS) is 7.56. The number of rotatable bonds is 8. The quantitative estimate of drug-likeness (QED) is 0.0823. The summed E-state index contributed by atoms with van der Waals surface area (Å²) in [7, 11) is 0. The van der Waals surface area contributed by atoms with Crippen LogP contribution in [0.25, 0.3) is 0 Å². The molecule has 15 heteroatoms. The van der Waals surface area contributed by atoms with Gasteiger partial charge in [-0.1, -0.05) is 54.4 Å². The zero-order chi connectivity index (χ0) is 63.3. The number of hydrogen-bond acceptors (Lipinski definition) is 10. The Balaban J connectivity index is -0.0000000161. The van der Waals surface area contributed by atoms with Gasteiger partial charge in [-0.2, -0.15) is 138 Å². The predicted octanol–water partition coefficient (Wildman–Crippen LogP) is 17.0. The van der Waals surface area contributed by atoms with Crippen LogP contribution in [0.15, 0.2) is 0 Å². The number of hydrogen-bond donors (Lipinski definition) is 10. The Hall–Kier alpha value is 3.17. The molecule has 0 aliphatic heterocycles. The third-order valence-electron chi connectivity index (χ3n) is 2.65. The average molecular weight is 1300 g/mol. The second kappa shape index (κ2) is 315. The number of unbranched alkanes of at least 4 members (excludes halogenated alkanes) is 2. The molecule has 0 aliphatic carbocycles. The van der Waals surface area contributed by atoms with Crippen LogP contribution in [-0.4, -0.2) is 115 Å². The van der Waals surface area contributed by atoms with Crippen molar-refractivity contribution in [2.45, 2.75) is 311 Å². The second-order valence-electron chi connectivity index (χ2n) is 14.7. The van der Waals surface area contributed by atoms with Gasteiger partial charge in [0.2, 0.25) is 0 Å². The fourth-order valence-corrected chi connectivity index (χ4v) is 0.316. The molecule has 0 aliphatic rings. The van der Waals surface area contributed by atoms with Gasteiger partial charge in [-0.3, -0.25) is 0 Å². The molecule has 0 fully saturated rings. The van der Waals surface area contributed by atoms with E-state index in [0.717, 1.165) is 51.4 Å². The minimum Gasteiger partial charge on any atom is -0.397 e. The van der Waals surface area contributed by atoms with Crippen LogP contribution in [0.3, 0.4) is 0 Å². The van der Waals surface area contributed by atoms with E-state index in [1.54, 1.807) is 55.4 Å². The zero-order valence-corrected chi connectivity index (χ0v) is 66.8. The monoisotopic (exact) mass is 1300 g/mol. The van der Waals surface area contributed by atoms with Crippen LogP contribution in [0, 0.1) is 64.2 Å². The summed E-state index contributed by atoms with van der Waals surface area (Å²) in [5, 5.41) is 79.9. The van der Waals surface area contributed by atoms with Gasteiger partial charge in [0.05, 0.1) is 12.2 Å². The molecular weight excluding hydrogens is 1140 g/mol. The third-order valence-corrected chi connectivity index (χ3v) is 2.65. The molecule has 0 saturated carbocycles. The van der Waals surface area contributed by atoms with Gasteiger partial charge >= 0.3 is 109 Å². The number of aliphatic hydroxyl groups is 10. The largest absolute Gasteiger partial charge is 2.00 e. The van der Waals surface area contributed by atoms with Gasteiger partial charge in [-0.25, -0.2) is 0 Å². The molecule has 482 valence electrons. The Morgan fingerprint density at radius 3 is 0.312 bits per heavy atom. The van der Waals surface area contributed by atoms with E-state index < -0.39 is 0 Å². The maximum Gasteiger partial charge on any atom is 2.00 e. The standard InChI is InChI=1S/4C4H10O.4C3H8O.10C3H7.2C2H6O.5Ti/c2*1-3-4(2)5;2*1-2-3-4-5;2*1-3(2)4;2*1-2-3-4;10*1-3-2;2*1-2-3;;;;;/h2*4-5H,3H2,1-2H3;2*5H,2-4H2,1H3;2*3-4H,1-2H3;2*4H,2-3H2,1H3;10*3H,1-2H3;2*3H,2H2,1H3;;;;;/q;;;;;;;;10*-1;;;5*+2. The molecule has 0 aromatic rings. The summed E-state index contributed by atoms with van der Waals surface area (Å²) in [4.78, 5) is 0. The Morgan fingerprint density at radius 2 is 0.312 bits per heavy atom. The van der Waals surface area contributed by atoms with Crippen LogP contribution in [0.4, 0.5) is 0 Å². The summed E-state index contributed by atoms with van der Waals surface area (Å²) in [5.74, 6) is 0. The predicted molar refractivity (Wildman–Crippen MR) is 339 cm³/mol. The van der Waals surface area contributed by atoms with Gasteiger partial charge in [0.1, 0.15) is 0 Å². The van der Waals surface area contributed by atoms with Crippen LogP contribution in [0.2, 0.25) is 0 Å². The molecule has 0 heterocycles. The van der Waals surface area contributed by atoms with Gasteiger partial charge in [-0.05, 0) is 93.9 Å². The van der Waals surface area contributed by atoms with Crippen molar-refractivity contribution < 1.29 is 160 Å². The molecule has 0 aromatic carbocycles. The zero-order valence-electron chi connectivity index (χ0n) is 59.0. The Kier molecular flexibility index (Phi) is 676. The summed E-state index contributed by atoms with van der Waals surface area (Å²) in [6.45, 7) is 67.5. The first-order valence-corrected chi connectivity index (χ1v) is 27.4. The van der Waals surface area contributed by atoms with E-state index in [9.17, 15) is 0 Å². The van der Waals surface area contributed by atoms with E-state index in [-0.39, 0.29) is 146 Å². The van der Waals surface area contributed by atoms with E-state index in [4.69, 9.17) is 51.1 Å². The third kappa shape index (κ3) is 2720. The van der Waals surface area contributed by atoms with E-state index >= 15 is 0 Å². The van der Waals surface area contributed by atoms with E-state index in [1.165, 1.54) is 0 Å². The van der Waals surface area contributed by atoms with E-state index in [2.05, 4.69) is 13.8 Å². The van der Waals surface area contributed by atoms with Crippen LogP contribution in [-0.2, 0) is 109 Å². The maximum atomic E-state index is 8.36. The minimum atomic E-state index is -0.167. The van der Waals surface area contributed by atoms with Crippen molar-refractivity contribution in [2.24, 2.45) is 0 Å². The van der Waals surface area contributed by atoms with Crippen LogP contribution < -0.4 is 0 Å². The first kappa shape index (κ1) is 165. The Bertz CT molecular complexity index is 352. The van der Waals surface area contributed by atoms with Gasteiger partial charge in [-0.15, -0.1) is 0 Å². The number of aliphatic hydroxyl groups excluding tert-OH is 10. The van der Waals surface area contributed by atoms with Gasteiger partial charge in [0, 0.05) is 51.8 Å². The van der Waals surface area contributed by atoms with Crippen LogP contribution in [0.1, 0.15) is 287 Å². The smallest absolute Gasteiger partial charge is 0.397 e. The molecule has 10 nitrogen and oxygen atoms in total. The molecule has 2 atom stereocenters. The van der Waals surface area contributed by atoms with E-state index in [0.29, 0.717) is 26.4 Å². The average Bonchev–Trinajstić information content (AvgIpc) is 3.28. The molecule has 0 amide bonds. The Morgan fingerprint density at radius 1 is 0.247 bits per heavy atom. The molecule has 10 N–H and O–H groups in total. The van der Waals surface area contributed by atoms with Crippen molar-refractivity contribution in [3.63, 3.8) is 0 Å². The molecule has 77 heavy (non-hydrogen) atoms. The first-order valence-electron chi connectivity index (χ1n) is 27.4. The molecule has 0 saturated heterocycles. The summed E-state index contributed by atoms with van der Waals surface area (Å²) in [5.41, 5.74) is 0. The molecule has 0 aromatic heterocycles. The second-order valence-corrected chi connectivity index (χ2v) is 14.7. The van der Waals surface area contributed by atoms with Gasteiger partial charge in [0.15, 0.2) is 0 Å². The Labute approximate surface area is 569 Å². The van der Waals surface area contributed by atoms with Gasteiger partial charge in [0.25, 0.3) is 0 Å². The van der Waals surface area contributed by atoms with Gasteiger partial charge < -0.3 is 115 Å². The van der Waals surface area contributed by atoms with Crippen LogP contribution in [0.5, 0.6) is 0 Å². The van der Waals surface area contributed by atoms with E-state index in [1.807, 2.05) is 230 Å². The molecule has 0 radical (unpaired) electrons. The summed E-state index contributed by atoms with van der Waals surface area (Å²) in [6, 6.07) is 0. The summed E-state index contributed by atoms with van der Waals surface area (Å²) >= 11 is 0. The van der Waals surface area contributed by atoms with Crippen molar-refractivity contribution in [3.05, 3.63) is 64.2 Å². The van der Waals surface area contributed by atoms with Crippen molar-refractivity contribution in [2.75, 3.05) is 39.6 Å². The minimum absolute atomic E-state index is 0. The molecule has 2 unspecified atom stereocenters. The fraction of sp³-hybridized carbons (Fsp3) is 0.839. The molecule has 0 bridgehead atoms. The summed E-state index contributed by atoms with van der Waals surface area (Å²) in [6.07, 6.45) is 27.0. The van der Waals surface area contributed by atoms with Crippen molar-refractivity contribution in [3.8, 4) is 0 Å². The SMILES string of the molecule is CC(C)O.CC(C)O.CCC(C)O.CCC(C)O.CCCCO.CCCCO.CCCO.CCCO.CCO.CCO.C[CH-]C.C[CH-]C.C[CH-]C.C[CH-]C.C[CH-]C.C[CH-]C.C[CH-]C.C[CH-]C.C[CH-]C.C[CH-]C.[Ti+2].[Ti+2].[Ti+2].[Ti+2].[Ti+2]. The van der Waals surface area contributed by atoms with Crippen molar-refractivity contribution in [1.82, 2.24) is 0 Å².